The number of hydrogen-bond acceptors (Lipinski definition) is 3. The van der Waals surface area contributed by atoms with Gasteiger partial charge in [-0.15, -0.1) is 0 Å². The van der Waals surface area contributed by atoms with E-state index in [-0.39, 0.29) is 17.9 Å². The third-order valence-corrected chi connectivity index (χ3v) is 3.53. The van der Waals surface area contributed by atoms with Crippen LogP contribution in [0.25, 0.3) is 0 Å². The second-order valence-corrected chi connectivity index (χ2v) is 5.49. The smallest absolute Gasteiger partial charge is 0.250 e. The van der Waals surface area contributed by atoms with Gasteiger partial charge in [0.25, 0.3) is 5.56 Å². The summed E-state index contributed by atoms with van der Waals surface area (Å²) in [6, 6.07) is 3.02. The van der Waals surface area contributed by atoms with Crippen LogP contribution in [0.1, 0.15) is 52.9 Å². The van der Waals surface area contributed by atoms with Gasteiger partial charge in [0.15, 0.2) is 0 Å². The van der Waals surface area contributed by atoms with Gasteiger partial charge in [0, 0.05) is 18.8 Å². The summed E-state index contributed by atoms with van der Waals surface area (Å²) < 4.78 is 1.53. The highest BCUT2D eigenvalue weighted by molar-refractivity contribution is 5.91. The first-order valence-corrected chi connectivity index (χ1v) is 7.66. The molecule has 1 aromatic rings. The van der Waals surface area contributed by atoms with Crippen LogP contribution in [-0.4, -0.2) is 21.2 Å². The average Bonchev–Trinajstić information content (AvgIpc) is 2.41. The first-order valence-electron chi connectivity index (χ1n) is 7.66. The summed E-state index contributed by atoms with van der Waals surface area (Å²) in [5.41, 5.74) is -0.451. The fourth-order valence-corrected chi connectivity index (χ4v) is 2.59. The minimum absolute atomic E-state index is 0.0833. The number of carbonyl (C=O) groups excluding carboxylic acids is 1. The zero-order chi connectivity index (χ0) is 15.9. The van der Waals surface area contributed by atoms with Crippen molar-refractivity contribution in [2.45, 2.75) is 65.0 Å². The van der Waals surface area contributed by atoms with E-state index in [2.05, 4.69) is 5.32 Å². The second kappa shape index (κ2) is 7.98. The number of aryl methyl sites for hydroxylation is 1. The summed E-state index contributed by atoms with van der Waals surface area (Å²) in [5, 5.41) is 13.2. The number of nitrogens with one attached hydrogen (secondary N) is 1. The number of rotatable bonds is 8. The molecule has 5 nitrogen and oxygen atoms in total. The molecule has 2 N–H and O–H groups in total. The molecule has 0 saturated heterocycles. The van der Waals surface area contributed by atoms with Gasteiger partial charge in [0.2, 0.25) is 5.91 Å². The van der Waals surface area contributed by atoms with Gasteiger partial charge in [0.1, 0.15) is 0 Å². The van der Waals surface area contributed by atoms with Crippen molar-refractivity contribution in [2.24, 2.45) is 0 Å². The number of hydrogen-bond donors (Lipinski definition) is 2. The number of aliphatic hydroxyl groups is 1. The van der Waals surface area contributed by atoms with Gasteiger partial charge >= 0.3 is 0 Å². The topological polar surface area (TPSA) is 71.3 Å². The molecule has 0 radical (unpaired) electrons. The summed E-state index contributed by atoms with van der Waals surface area (Å²) in [6.07, 6.45) is 4.61. The van der Waals surface area contributed by atoms with Gasteiger partial charge < -0.3 is 15.0 Å². The third-order valence-electron chi connectivity index (χ3n) is 3.53. The first-order chi connectivity index (χ1) is 9.94. The van der Waals surface area contributed by atoms with Crippen LogP contribution in [-0.2, 0) is 11.3 Å². The van der Waals surface area contributed by atoms with E-state index in [1.54, 1.807) is 12.3 Å². The summed E-state index contributed by atoms with van der Waals surface area (Å²) >= 11 is 0. The summed E-state index contributed by atoms with van der Waals surface area (Å²) in [6.45, 7) is 6.41. The molecule has 0 aliphatic heterocycles. The predicted molar refractivity (Wildman–Crippen MR) is 84.4 cm³/mol. The summed E-state index contributed by atoms with van der Waals surface area (Å²) in [4.78, 5) is 23.6. The minimum atomic E-state index is -0.938. The monoisotopic (exact) mass is 294 g/mol. The zero-order valence-electron chi connectivity index (χ0n) is 13.2. The van der Waals surface area contributed by atoms with E-state index in [4.69, 9.17) is 0 Å². The fraction of sp³-hybridized carbons (Fsp3) is 0.625. The van der Waals surface area contributed by atoms with Crippen molar-refractivity contribution in [3.05, 3.63) is 28.7 Å². The van der Waals surface area contributed by atoms with Crippen LogP contribution in [0.2, 0.25) is 0 Å². The molecule has 21 heavy (non-hydrogen) atoms. The van der Waals surface area contributed by atoms with Crippen LogP contribution in [0.15, 0.2) is 23.1 Å². The Morgan fingerprint density at radius 3 is 2.38 bits per heavy atom. The lowest BCUT2D eigenvalue weighted by Crippen LogP contribution is -2.34. The van der Waals surface area contributed by atoms with Crippen LogP contribution >= 0.6 is 0 Å². The normalized spacial score (nSPS) is 11.4. The second-order valence-electron chi connectivity index (χ2n) is 5.49. The van der Waals surface area contributed by atoms with E-state index in [1.165, 1.54) is 10.6 Å². The molecule has 0 fully saturated rings. The highest BCUT2D eigenvalue weighted by Crippen LogP contribution is 2.24. The molecule has 0 spiro atoms. The summed E-state index contributed by atoms with van der Waals surface area (Å²) in [5.74, 6) is -0.222. The highest BCUT2D eigenvalue weighted by atomic mass is 16.3. The molecule has 0 aromatic carbocycles. The van der Waals surface area contributed by atoms with Crippen molar-refractivity contribution in [2.75, 3.05) is 5.32 Å². The molecule has 5 heteroatoms. The van der Waals surface area contributed by atoms with E-state index in [0.717, 1.165) is 12.8 Å². The van der Waals surface area contributed by atoms with E-state index in [9.17, 15) is 14.7 Å². The standard InChI is InChI=1S/C16H26N2O3/c1-4-9-16(21,10-5-2)11-14(19)17-13-7-8-15(20)18(6-3)12-13/h7-8,12,21H,4-6,9-11H2,1-3H3,(H,17,19). The third kappa shape index (κ3) is 5.34. The van der Waals surface area contributed by atoms with Crippen molar-refractivity contribution in [1.29, 1.82) is 0 Å². The van der Waals surface area contributed by atoms with Crippen LogP contribution in [0.3, 0.4) is 0 Å². The molecule has 0 aliphatic carbocycles. The number of carbonyl (C=O) groups is 1. The van der Waals surface area contributed by atoms with Gasteiger partial charge in [-0.1, -0.05) is 26.7 Å². The average molecular weight is 294 g/mol. The molecule has 0 atom stereocenters. The van der Waals surface area contributed by atoms with Gasteiger partial charge in [-0.2, -0.15) is 0 Å². The Morgan fingerprint density at radius 1 is 1.24 bits per heavy atom. The lowest BCUT2D eigenvalue weighted by molar-refractivity contribution is -0.121. The number of pyridine rings is 1. The van der Waals surface area contributed by atoms with E-state index < -0.39 is 5.60 Å². The van der Waals surface area contributed by atoms with Crippen molar-refractivity contribution in [3.63, 3.8) is 0 Å². The molecule has 0 bridgehead atoms. The Hall–Kier alpha value is -1.62. The lowest BCUT2D eigenvalue weighted by atomic mass is 9.89. The maximum Gasteiger partial charge on any atom is 0.250 e. The van der Waals surface area contributed by atoms with Crippen LogP contribution < -0.4 is 10.9 Å². The molecule has 0 saturated carbocycles. The van der Waals surface area contributed by atoms with Crippen molar-refractivity contribution < 1.29 is 9.90 Å². The Kier molecular flexibility index (Phi) is 6.62. The van der Waals surface area contributed by atoms with Crippen LogP contribution in [0.4, 0.5) is 5.69 Å². The van der Waals surface area contributed by atoms with Gasteiger partial charge in [-0.25, -0.2) is 0 Å². The van der Waals surface area contributed by atoms with E-state index >= 15 is 0 Å². The van der Waals surface area contributed by atoms with Crippen molar-refractivity contribution >= 4 is 11.6 Å². The molecule has 1 heterocycles. The quantitative estimate of drug-likeness (QED) is 0.774. The molecule has 118 valence electrons. The predicted octanol–water partition coefficient (Wildman–Crippen LogP) is 2.53. The van der Waals surface area contributed by atoms with E-state index in [1.807, 2.05) is 20.8 Å². The van der Waals surface area contributed by atoms with Crippen LogP contribution in [0.5, 0.6) is 0 Å². The van der Waals surface area contributed by atoms with Gasteiger partial charge in [0.05, 0.1) is 17.7 Å². The molecular formula is C16H26N2O3. The maximum absolute atomic E-state index is 12.1. The molecule has 1 aromatic heterocycles. The largest absolute Gasteiger partial charge is 0.389 e. The molecule has 0 unspecified atom stereocenters. The lowest BCUT2D eigenvalue weighted by Gasteiger charge is -2.26. The van der Waals surface area contributed by atoms with Gasteiger partial charge in [-0.05, 0) is 25.8 Å². The number of aromatic nitrogens is 1. The van der Waals surface area contributed by atoms with E-state index in [0.29, 0.717) is 25.1 Å². The molecule has 0 aliphatic rings. The van der Waals surface area contributed by atoms with Gasteiger partial charge in [-0.3, -0.25) is 9.59 Å². The SMILES string of the molecule is CCCC(O)(CCC)CC(=O)Nc1ccc(=O)n(CC)c1. The number of amides is 1. The Labute approximate surface area is 126 Å². The fourth-order valence-electron chi connectivity index (χ4n) is 2.59. The molecular weight excluding hydrogens is 268 g/mol. The maximum atomic E-state index is 12.1. The minimum Gasteiger partial charge on any atom is -0.389 e. The molecule has 1 rings (SSSR count). The van der Waals surface area contributed by atoms with Crippen molar-refractivity contribution in [3.8, 4) is 0 Å². The van der Waals surface area contributed by atoms with Crippen LogP contribution in [0, 0.1) is 0 Å². The highest BCUT2D eigenvalue weighted by Gasteiger charge is 2.28. The number of nitrogens with zero attached hydrogens (tertiary/aromatic N) is 1. The first kappa shape index (κ1) is 17.4. The van der Waals surface area contributed by atoms with Crippen molar-refractivity contribution in [1.82, 2.24) is 4.57 Å². The Bertz CT molecular complexity index is 516. The molecule has 1 amide bonds. The number of anilines is 1. The Morgan fingerprint density at radius 2 is 1.86 bits per heavy atom. The Balaban J connectivity index is 2.74. The summed E-state index contributed by atoms with van der Waals surface area (Å²) in [7, 11) is 0. The zero-order valence-corrected chi connectivity index (χ0v) is 13.2.